The second-order valence-corrected chi connectivity index (χ2v) is 6.47. The van der Waals surface area contributed by atoms with Gasteiger partial charge in [-0.15, -0.1) is 24.0 Å². The van der Waals surface area contributed by atoms with Crippen LogP contribution in [0, 0.1) is 0 Å². The van der Waals surface area contributed by atoms with Gasteiger partial charge in [0.1, 0.15) is 5.82 Å². The molecule has 1 atom stereocenters. The van der Waals surface area contributed by atoms with Gasteiger partial charge in [0.25, 0.3) is 0 Å². The van der Waals surface area contributed by atoms with Crippen molar-refractivity contribution in [2.24, 2.45) is 4.99 Å². The molecule has 0 bridgehead atoms. The number of halogens is 1. The highest BCUT2D eigenvalue weighted by Crippen LogP contribution is 2.16. The highest BCUT2D eigenvalue weighted by molar-refractivity contribution is 14.0. The maximum absolute atomic E-state index is 4.28. The van der Waals surface area contributed by atoms with Gasteiger partial charge in [-0.05, 0) is 53.3 Å². The first-order valence-electron chi connectivity index (χ1n) is 8.41. The largest absolute Gasteiger partial charge is 0.370 e. The number of thiophene rings is 1. The molecule has 0 aliphatic rings. The molecule has 138 valence electrons. The zero-order chi connectivity index (χ0) is 17.0. The Kier molecular flexibility index (Phi) is 11.2. The van der Waals surface area contributed by atoms with Gasteiger partial charge in [0.05, 0.1) is 0 Å². The van der Waals surface area contributed by atoms with Crippen LogP contribution in [0.1, 0.15) is 31.2 Å². The molecule has 2 aromatic rings. The lowest BCUT2D eigenvalue weighted by Gasteiger charge is -2.15. The van der Waals surface area contributed by atoms with Crippen LogP contribution in [0.25, 0.3) is 0 Å². The van der Waals surface area contributed by atoms with E-state index in [1.807, 2.05) is 25.2 Å². The van der Waals surface area contributed by atoms with Crippen LogP contribution >= 0.6 is 35.3 Å². The van der Waals surface area contributed by atoms with Crippen LogP contribution in [-0.2, 0) is 0 Å². The molecule has 5 nitrogen and oxygen atoms in total. The van der Waals surface area contributed by atoms with Gasteiger partial charge in [-0.25, -0.2) is 4.98 Å². The number of pyridine rings is 1. The van der Waals surface area contributed by atoms with E-state index >= 15 is 0 Å². The second kappa shape index (κ2) is 12.9. The number of aromatic nitrogens is 1. The number of anilines is 1. The third-order valence-corrected chi connectivity index (χ3v) is 4.48. The SMILES string of the molecule is CN=C(NCCCCNc1ccccn1)NCC(C)c1ccsc1.I. The minimum Gasteiger partial charge on any atom is -0.370 e. The van der Waals surface area contributed by atoms with E-state index in [0.717, 1.165) is 44.3 Å². The monoisotopic (exact) mass is 473 g/mol. The van der Waals surface area contributed by atoms with Crippen LogP contribution in [-0.4, -0.2) is 37.6 Å². The summed E-state index contributed by atoms with van der Waals surface area (Å²) >= 11 is 1.74. The van der Waals surface area contributed by atoms with Gasteiger partial charge < -0.3 is 16.0 Å². The summed E-state index contributed by atoms with van der Waals surface area (Å²) in [5.74, 6) is 2.29. The van der Waals surface area contributed by atoms with E-state index in [0.29, 0.717) is 5.92 Å². The predicted molar refractivity (Wildman–Crippen MR) is 119 cm³/mol. The Morgan fingerprint density at radius 1 is 1.20 bits per heavy atom. The van der Waals surface area contributed by atoms with Crippen molar-refractivity contribution in [2.75, 3.05) is 32.0 Å². The number of unbranched alkanes of at least 4 members (excludes halogenated alkanes) is 1. The van der Waals surface area contributed by atoms with Gasteiger partial charge in [-0.3, -0.25) is 4.99 Å². The molecular formula is C18H28IN5S. The van der Waals surface area contributed by atoms with Crippen LogP contribution in [0.4, 0.5) is 5.82 Å². The van der Waals surface area contributed by atoms with E-state index in [2.05, 4.69) is 49.7 Å². The maximum atomic E-state index is 4.28. The average Bonchev–Trinajstić information content (AvgIpc) is 3.16. The molecule has 2 aromatic heterocycles. The molecule has 0 fully saturated rings. The fourth-order valence-electron chi connectivity index (χ4n) is 2.28. The predicted octanol–water partition coefficient (Wildman–Crippen LogP) is 3.92. The molecule has 0 aliphatic carbocycles. The topological polar surface area (TPSA) is 61.3 Å². The lowest BCUT2D eigenvalue weighted by atomic mass is 10.1. The number of hydrogen-bond donors (Lipinski definition) is 3. The molecule has 0 spiro atoms. The van der Waals surface area contributed by atoms with Crippen molar-refractivity contribution >= 4 is 47.1 Å². The van der Waals surface area contributed by atoms with Crippen LogP contribution < -0.4 is 16.0 Å². The molecule has 3 N–H and O–H groups in total. The molecule has 0 saturated carbocycles. The lowest BCUT2D eigenvalue weighted by molar-refractivity contribution is 0.680. The first kappa shape index (κ1) is 21.7. The number of nitrogens with one attached hydrogen (secondary N) is 3. The third-order valence-electron chi connectivity index (χ3n) is 3.78. The zero-order valence-electron chi connectivity index (χ0n) is 14.9. The molecule has 0 radical (unpaired) electrons. The maximum Gasteiger partial charge on any atom is 0.190 e. The zero-order valence-corrected chi connectivity index (χ0v) is 18.0. The normalized spacial score (nSPS) is 12.2. The Labute approximate surface area is 171 Å². The Balaban J connectivity index is 0.00000312. The van der Waals surface area contributed by atoms with Crippen molar-refractivity contribution in [1.82, 2.24) is 15.6 Å². The van der Waals surface area contributed by atoms with Crippen LogP contribution in [0.3, 0.4) is 0 Å². The summed E-state index contributed by atoms with van der Waals surface area (Å²) in [6.45, 7) is 4.96. The third kappa shape index (κ3) is 8.53. The van der Waals surface area contributed by atoms with E-state index in [4.69, 9.17) is 0 Å². The Bertz CT molecular complexity index is 589. The van der Waals surface area contributed by atoms with E-state index in [1.165, 1.54) is 5.56 Å². The van der Waals surface area contributed by atoms with Gasteiger partial charge in [0.15, 0.2) is 5.96 Å². The Morgan fingerprint density at radius 2 is 2.04 bits per heavy atom. The quantitative estimate of drug-likeness (QED) is 0.224. The fourth-order valence-corrected chi connectivity index (χ4v) is 3.07. The highest BCUT2D eigenvalue weighted by Gasteiger charge is 2.06. The molecule has 0 aliphatic heterocycles. The summed E-state index contributed by atoms with van der Waals surface area (Å²) in [6, 6.07) is 8.08. The standard InChI is InChI=1S/C18H27N5S.HI/c1-15(16-8-12-24-14-16)13-23-18(19-2)22-11-6-5-10-21-17-7-3-4-9-20-17;/h3-4,7-9,12,14-15H,5-6,10-11,13H2,1-2H3,(H,20,21)(H2,19,22,23);1H. The molecule has 0 aromatic carbocycles. The van der Waals surface area contributed by atoms with Crippen molar-refractivity contribution in [2.45, 2.75) is 25.7 Å². The summed E-state index contributed by atoms with van der Waals surface area (Å²) in [7, 11) is 1.81. The number of aliphatic imine (C=N–C) groups is 1. The number of rotatable bonds is 9. The van der Waals surface area contributed by atoms with Crippen LogP contribution in [0.5, 0.6) is 0 Å². The molecule has 0 saturated heterocycles. The first-order valence-corrected chi connectivity index (χ1v) is 9.35. The van der Waals surface area contributed by atoms with Crippen LogP contribution in [0.2, 0.25) is 0 Å². The van der Waals surface area contributed by atoms with E-state index < -0.39 is 0 Å². The van der Waals surface area contributed by atoms with Crippen molar-refractivity contribution in [1.29, 1.82) is 0 Å². The van der Waals surface area contributed by atoms with Crippen LogP contribution in [0.15, 0.2) is 46.2 Å². The summed E-state index contributed by atoms with van der Waals surface area (Å²) < 4.78 is 0. The number of hydrogen-bond acceptors (Lipinski definition) is 4. The summed E-state index contributed by atoms with van der Waals surface area (Å²) in [5, 5.41) is 14.4. The molecule has 2 heterocycles. The van der Waals surface area contributed by atoms with Crippen molar-refractivity contribution in [3.63, 3.8) is 0 Å². The molecule has 1 unspecified atom stereocenters. The smallest absolute Gasteiger partial charge is 0.190 e. The van der Waals surface area contributed by atoms with Gasteiger partial charge >= 0.3 is 0 Å². The van der Waals surface area contributed by atoms with E-state index in [-0.39, 0.29) is 24.0 Å². The summed E-state index contributed by atoms with van der Waals surface area (Å²) in [4.78, 5) is 8.52. The summed E-state index contributed by atoms with van der Waals surface area (Å²) in [5.41, 5.74) is 1.38. The molecule has 7 heteroatoms. The molecule has 25 heavy (non-hydrogen) atoms. The van der Waals surface area contributed by atoms with E-state index in [1.54, 1.807) is 17.5 Å². The minimum atomic E-state index is 0. The molecule has 2 rings (SSSR count). The molecule has 0 amide bonds. The van der Waals surface area contributed by atoms with Gasteiger partial charge in [0, 0.05) is 32.9 Å². The Morgan fingerprint density at radius 3 is 2.72 bits per heavy atom. The first-order chi connectivity index (χ1) is 11.8. The van der Waals surface area contributed by atoms with Crippen molar-refractivity contribution < 1.29 is 0 Å². The van der Waals surface area contributed by atoms with Crippen molar-refractivity contribution in [3.05, 3.63) is 46.8 Å². The van der Waals surface area contributed by atoms with Gasteiger partial charge in [-0.1, -0.05) is 13.0 Å². The second-order valence-electron chi connectivity index (χ2n) is 5.69. The lowest BCUT2D eigenvalue weighted by Crippen LogP contribution is -2.39. The summed E-state index contributed by atoms with van der Waals surface area (Å²) in [6.07, 6.45) is 3.98. The number of guanidine groups is 1. The van der Waals surface area contributed by atoms with E-state index in [9.17, 15) is 0 Å². The van der Waals surface area contributed by atoms with Gasteiger partial charge in [0.2, 0.25) is 0 Å². The molecular weight excluding hydrogens is 445 g/mol. The Hall–Kier alpha value is -1.35. The van der Waals surface area contributed by atoms with Gasteiger partial charge in [-0.2, -0.15) is 11.3 Å². The number of nitrogens with zero attached hydrogens (tertiary/aromatic N) is 2. The average molecular weight is 473 g/mol. The minimum absolute atomic E-state index is 0. The van der Waals surface area contributed by atoms with Crippen molar-refractivity contribution in [3.8, 4) is 0 Å². The highest BCUT2D eigenvalue weighted by atomic mass is 127. The fraction of sp³-hybridized carbons (Fsp3) is 0.444.